The predicted molar refractivity (Wildman–Crippen MR) is 76.9 cm³/mol. The van der Waals surface area contributed by atoms with Gasteiger partial charge in [0.15, 0.2) is 0 Å². The van der Waals surface area contributed by atoms with E-state index in [2.05, 4.69) is 0 Å². The van der Waals surface area contributed by atoms with Crippen LogP contribution >= 0.6 is 0 Å². The number of nitrogens with zero attached hydrogens (tertiary/aromatic N) is 2. The smallest absolute Gasteiger partial charge is 0.417 e. The van der Waals surface area contributed by atoms with Crippen LogP contribution in [-0.4, -0.2) is 43.6 Å². The average Bonchev–Trinajstić information content (AvgIpc) is 2.80. The standard InChI is InChI=1S/C15H20N2O3/c1-10(2)13-9-20-15(19)17(13)14(18)11-5-7-12(8-6-11)16(3)4/h5-8,10,13H,9H2,1-4H3/t13-/m1/s1. The van der Waals surface area contributed by atoms with E-state index in [0.717, 1.165) is 5.69 Å². The van der Waals surface area contributed by atoms with Crippen LogP contribution < -0.4 is 4.90 Å². The molecule has 108 valence electrons. The Bertz CT molecular complexity index is 508. The quantitative estimate of drug-likeness (QED) is 0.850. The lowest BCUT2D eigenvalue weighted by Gasteiger charge is -2.22. The molecule has 0 bridgehead atoms. The van der Waals surface area contributed by atoms with Crippen LogP contribution in [0, 0.1) is 5.92 Å². The summed E-state index contributed by atoms with van der Waals surface area (Å²) in [6.45, 7) is 4.22. The molecule has 20 heavy (non-hydrogen) atoms. The highest BCUT2D eigenvalue weighted by Crippen LogP contribution is 2.23. The van der Waals surface area contributed by atoms with E-state index in [4.69, 9.17) is 4.74 Å². The van der Waals surface area contributed by atoms with Crippen molar-refractivity contribution in [3.63, 3.8) is 0 Å². The number of carbonyl (C=O) groups is 2. The number of amides is 2. The van der Waals surface area contributed by atoms with Crippen LogP contribution in [0.25, 0.3) is 0 Å². The van der Waals surface area contributed by atoms with Crippen molar-refractivity contribution in [3.05, 3.63) is 29.8 Å². The summed E-state index contributed by atoms with van der Waals surface area (Å²) >= 11 is 0. The number of ether oxygens (including phenoxy) is 1. The highest BCUT2D eigenvalue weighted by Gasteiger charge is 2.39. The van der Waals surface area contributed by atoms with Gasteiger partial charge in [0, 0.05) is 25.3 Å². The third-order valence-electron chi connectivity index (χ3n) is 3.52. The fourth-order valence-corrected chi connectivity index (χ4v) is 2.20. The molecule has 0 spiro atoms. The van der Waals surface area contributed by atoms with E-state index in [9.17, 15) is 9.59 Å². The third-order valence-corrected chi connectivity index (χ3v) is 3.52. The van der Waals surface area contributed by atoms with Crippen LogP contribution in [0.5, 0.6) is 0 Å². The van der Waals surface area contributed by atoms with Gasteiger partial charge >= 0.3 is 6.09 Å². The Morgan fingerprint density at radius 1 is 1.30 bits per heavy atom. The van der Waals surface area contributed by atoms with Crippen LogP contribution in [0.4, 0.5) is 10.5 Å². The van der Waals surface area contributed by atoms with E-state index in [1.54, 1.807) is 12.1 Å². The van der Waals surface area contributed by atoms with Crippen LogP contribution in [0.2, 0.25) is 0 Å². The zero-order valence-corrected chi connectivity index (χ0v) is 12.3. The molecule has 5 nitrogen and oxygen atoms in total. The molecular formula is C15H20N2O3. The number of hydrogen-bond donors (Lipinski definition) is 0. The monoisotopic (exact) mass is 276 g/mol. The number of benzene rings is 1. The minimum atomic E-state index is -0.551. The van der Waals surface area contributed by atoms with Gasteiger partial charge in [0.25, 0.3) is 5.91 Å². The van der Waals surface area contributed by atoms with E-state index in [1.165, 1.54) is 4.90 Å². The van der Waals surface area contributed by atoms with E-state index >= 15 is 0 Å². The van der Waals surface area contributed by atoms with E-state index in [1.807, 2.05) is 45.0 Å². The lowest BCUT2D eigenvalue weighted by Crippen LogP contribution is -2.41. The van der Waals surface area contributed by atoms with Gasteiger partial charge in [-0.2, -0.15) is 0 Å². The van der Waals surface area contributed by atoms with Crippen LogP contribution in [0.15, 0.2) is 24.3 Å². The first-order chi connectivity index (χ1) is 9.41. The SMILES string of the molecule is CC(C)[C@H]1COC(=O)N1C(=O)c1ccc(N(C)C)cc1. The Morgan fingerprint density at radius 3 is 2.40 bits per heavy atom. The zero-order valence-electron chi connectivity index (χ0n) is 12.3. The second kappa shape index (κ2) is 5.53. The minimum absolute atomic E-state index is 0.173. The van der Waals surface area contributed by atoms with Crippen molar-refractivity contribution < 1.29 is 14.3 Å². The molecule has 1 aromatic rings. The molecule has 0 aliphatic carbocycles. The minimum Gasteiger partial charge on any atom is -0.447 e. The molecule has 0 unspecified atom stereocenters. The largest absolute Gasteiger partial charge is 0.447 e. The second-order valence-electron chi connectivity index (χ2n) is 5.50. The molecule has 1 saturated heterocycles. The van der Waals surface area contributed by atoms with Crippen LogP contribution in [-0.2, 0) is 4.74 Å². The molecule has 1 atom stereocenters. The highest BCUT2D eigenvalue weighted by atomic mass is 16.6. The van der Waals surface area contributed by atoms with Crippen molar-refractivity contribution in [2.24, 2.45) is 5.92 Å². The summed E-state index contributed by atoms with van der Waals surface area (Å²) in [7, 11) is 3.87. The van der Waals surface area contributed by atoms with Gasteiger partial charge in [0.2, 0.25) is 0 Å². The first-order valence-electron chi connectivity index (χ1n) is 6.69. The molecule has 1 fully saturated rings. The molecule has 2 rings (SSSR count). The maximum Gasteiger partial charge on any atom is 0.417 e. The van der Waals surface area contributed by atoms with Crippen molar-refractivity contribution in [2.75, 3.05) is 25.6 Å². The fraction of sp³-hybridized carbons (Fsp3) is 0.467. The topological polar surface area (TPSA) is 49.9 Å². The molecule has 1 aliphatic rings. The highest BCUT2D eigenvalue weighted by molar-refractivity contribution is 6.04. The number of hydrogen-bond acceptors (Lipinski definition) is 4. The molecule has 5 heteroatoms. The first-order valence-corrected chi connectivity index (χ1v) is 6.69. The Hall–Kier alpha value is -2.04. The maximum atomic E-state index is 12.5. The first kappa shape index (κ1) is 14.4. The molecule has 0 N–H and O–H groups in total. The van der Waals surface area contributed by atoms with Crippen molar-refractivity contribution in [3.8, 4) is 0 Å². The Labute approximate surface area is 119 Å². The number of imide groups is 1. The summed E-state index contributed by atoms with van der Waals surface area (Å²) in [5.41, 5.74) is 1.51. The van der Waals surface area contributed by atoms with Gasteiger partial charge < -0.3 is 9.64 Å². The molecule has 1 aromatic carbocycles. The number of anilines is 1. The molecule has 1 heterocycles. The fourth-order valence-electron chi connectivity index (χ4n) is 2.20. The van der Waals surface area contributed by atoms with Crippen molar-refractivity contribution in [1.29, 1.82) is 0 Å². The number of rotatable bonds is 3. The maximum absolute atomic E-state index is 12.5. The Morgan fingerprint density at radius 2 is 1.90 bits per heavy atom. The summed E-state index contributed by atoms with van der Waals surface area (Å²) < 4.78 is 5.00. The number of carbonyl (C=O) groups excluding carboxylic acids is 2. The van der Waals surface area contributed by atoms with Gasteiger partial charge in [-0.3, -0.25) is 4.79 Å². The molecular weight excluding hydrogens is 256 g/mol. The van der Waals surface area contributed by atoms with Crippen LogP contribution in [0.3, 0.4) is 0 Å². The molecule has 0 radical (unpaired) electrons. The van der Waals surface area contributed by atoms with Crippen LogP contribution in [0.1, 0.15) is 24.2 Å². The summed E-state index contributed by atoms with van der Waals surface area (Å²) in [5.74, 6) is -0.122. The Kier molecular flexibility index (Phi) is 3.97. The lowest BCUT2D eigenvalue weighted by atomic mass is 10.0. The molecule has 2 amide bonds. The summed E-state index contributed by atoms with van der Waals surface area (Å²) in [6.07, 6.45) is -0.551. The Balaban J connectivity index is 2.23. The molecule has 0 aromatic heterocycles. The molecule has 1 aliphatic heterocycles. The van der Waals surface area contributed by atoms with Gasteiger partial charge in [-0.05, 0) is 30.2 Å². The van der Waals surface area contributed by atoms with E-state index in [0.29, 0.717) is 5.56 Å². The van der Waals surface area contributed by atoms with Crippen molar-refractivity contribution >= 4 is 17.7 Å². The lowest BCUT2D eigenvalue weighted by molar-refractivity contribution is 0.0752. The summed E-state index contributed by atoms with van der Waals surface area (Å²) in [4.78, 5) is 27.4. The second-order valence-corrected chi connectivity index (χ2v) is 5.50. The van der Waals surface area contributed by atoms with Crippen molar-refractivity contribution in [2.45, 2.75) is 19.9 Å². The van der Waals surface area contributed by atoms with E-state index in [-0.39, 0.29) is 24.5 Å². The molecule has 0 saturated carbocycles. The average molecular weight is 276 g/mol. The van der Waals surface area contributed by atoms with Gasteiger partial charge in [0.1, 0.15) is 6.61 Å². The van der Waals surface area contributed by atoms with Gasteiger partial charge in [-0.1, -0.05) is 13.8 Å². The van der Waals surface area contributed by atoms with Gasteiger partial charge in [0.05, 0.1) is 6.04 Å². The van der Waals surface area contributed by atoms with Crippen molar-refractivity contribution in [1.82, 2.24) is 4.90 Å². The normalized spacial score (nSPS) is 18.4. The predicted octanol–water partition coefficient (Wildman–Crippen LogP) is 2.37. The summed E-state index contributed by atoms with van der Waals surface area (Å²) in [6, 6.07) is 7.00. The number of cyclic esters (lactones) is 1. The van der Waals surface area contributed by atoms with E-state index < -0.39 is 6.09 Å². The third kappa shape index (κ3) is 2.61. The van der Waals surface area contributed by atoms with Gasteiger partial charge in [-0.15, -0.1) is 0 Å². The summed E-state index contributed by atoms with van der Waals surface area (Å²) in [5, 5.41) is 0. The zero-order chi connectivity index (χ0) is 14.9. The van der Waals surface area contributed by atoms with Gasteiger partial charge in [-0.25, -0.2) is 9.69 Å².